The summed E-state index contributed by atoms with van der Waals surface area (Å²) >= 11 is 0. The summed E-state index contributed by atoms with van der Waals surface area (Å²) in [7, 11) is 0. The summed E-state index contributed by atoms with van der Waals surface area (Å²) in [6, 6.07) is 13.7. The molecule has 0 aliphatic heterocycles. The number of carbonyl (C=O) groups is 3. The summed E-state index contributed by atoms with van der Waals surface area (Å²) in [6.45, 7) is 3.49. The zero-order chi connectivity index (χ0) is 21.1. The van der Waals surface area contributed by atoms with Gasteiger partial charge in [0, 0.05) is 18.3 Å². The molecular formula is C21H24N2O6. The van der Waals surface area contributed by atoms with E-state index in [4.69, 9.17) is 14.2 Å². The molecule has 2 aromatic carbocycles. The molecular weight excluding hydrogens is 376 g/mol. The summed E-state index contributed by atoms with van der Waals surface area (Å²) in [5.41, 5.74) is 1.14. The number of anilines is 2. The number of hydrogen-bond acceptors (Lipinski definition) is 6. The molecule has 154 valence electrons. The molecule has 0 fully saturated rings. The van der Waals surface area contributed by atoms with E-state index in [1.165, 1.54) is 6.92 Å². The fourth-order valence-electron chi connectivity index (χ4n) is 2.34. The Morgan fingerprint density at radius 2 is 1.45 bits per heavy atom. The lowest BCUT2D eigenvalue weighted by atomic mass is 10.2. The second-order valence-electron chi connectivity index (χ2n) is 5.95. The van der Waals surface area contributed by atoms with E-state index in [1.54, 1.807) is 36.4 Å². The minimum Gasteiger partial charge on any atom is -0.490 e. The maximum atomic E-state index is 11.9. The van der Waals surface area contributed by atoms with Crippen molar-refractivity contribution in [3.63, 3.8) is 0 Å². The second-order valence-corrected chi connectivity index (χ2v) is 5.95. The van der Waals surface area contributed by atoms with Crippen LogP contribution >= 0.6 is 0 Å². The van der Waals surface area contributed by atoms with E-state index in [9.17, 15) is 14.4 Å². The average Bonchev–Trinajstić information content (AvgIpc) is 2.69. The zero-order valence-electron chi connectivity index (χ0n) is 16.4. The van der Waals surface area contributed by atoms with Gasteiger partial charge in [0.1, 0.15) is 0 Å². The number of ether oxygens (including phenoxy) is 3. The summed E-state index contributed by atoms with van der Waals surface area (Å²) in [6.07, 6.45) is -0.000841. The highest BCUT2D eigenvalue weighted by atomic mass is 16.5. The van der Waals surface area contributed by atoms with Gasteiger partial charge in [-0.05, 0) is 43.3 Å². The molecule has 8 nitrogen and oxygen atoms in total. The first-order chi connectivity index (χ1) is 14.0. The highest BCUT2D eigenvalue weighted by Crippen LogP contribution is 2.26. The van der Waals surface area contributed by atoms with Crippen molar-refractivity contribution >= 4 is 29.2 Å². The molecule has 2 N–H and O–H groups in total. The lowest BCUT2D eigenvalue weighted by Crippen LogP contribution is -2.21. The van der Waals surface area contributed by atoms with Crippen LogP contribution < -0.4 is 20.1 Å². The van der Waals surface area contributed by atoms with Crippen LogP contribution in [0.1, 0.15) is 20.3 Å². The van der Waals surface area contributed by atoms with Crippen LogP contribution in [0.4, 0.5) is 11.4 Å². The first-order valence-electron chi connectivity index (χ1n) is 9.15. The van der Waals surface area contributed by atoms with Gasteiger partial charge in [-0.2, -0.15) is 0 Å². The number of amides is 2. The van der Waals surface area contributed by atoms with Gasteiger partial charge in [-0.15, -0.1) is 0 Å². The lowest BCUT2D eigenvalue weighted by Gasteiger charge is -2.11. The van der Waals surface area contributed by atoms with Crippen molar-refractivity contribution in [2.75, 3.05) is 30.5 Å². The van der Waals surface area contributed by atoms with Crippen molar-refractivity contribution < 1.29 is 28.6 Å². The Hall–Kier alpha value is -3.55. The molecule has 2 rings (SSSR count). The Morgan fingerprint density at radius 3 is 2.03 bits per heavy atom. The molecule has 0 atom stereocenters. The highest BCUT2D eigenvalue weighted by molar-refractivity contribution is 5.93. The fraction of sp³-hybridized carbons (Fsp3) is 0.286. The van der Waals surface area contributed by atoms with Crippen LogP contribution in [0, 0.1) is 0 Å². The molecule has 0 aliphatic rings. The van der Waals surface area contributed by atoms with Crippen LogP contribution in [0.25, 0.3) is 0 Å². The monoisotopic (exact) mass is 400 g/mol. The third-order valence-electron chi connectivity index (χ3n) is 3.57. The Kier molecular flexibility index (Phi) is 8.50. The van der Waals surface area contributed by atoms with Crippen LogP contribution in [0.15, 0.2) is 48.5 Å². The number of esters is 1. The maximum Gasteiger partial charge on any atom is 0.309 e. The van der Waals surface area contributed by atoms with Gasteiger partial charge in [0.05, 0.1) is 19.6 Å². The molecule has 0 radical (unpaired) electrons. The van der Waals surface area contributed by atoms with Gasteiger partial charge in [-0.25, -0.2) is 0 Å². The molecule has 29 heavy (non-hydrogen) atoms. The third kappa shape index (κ3) is 7.92. The first kappa shape index (κ1) is 21.7. The molecule has 0 bridgehead atoms. The van der Waals surface area contributed by atoms with E-state index >= 15 is 0 Å². The summed E-state index contributed by atoms with van der Waals surface area (Å²) in [5.74, 6) is -0.0443. The second kappa shape index (κ2) is 11.3. The van der Waals surface area contributed by atoms with Crippen LogP contribution in [-0.2, 0) is 19.1 Å². The summed E-state index contributed by atoms with van der Waals surface area (Å²) in [4.78, 5) is 34.7. The number of benzene rings is 2. The predicted molar refractivity (Wildman–Crippen MR) is 108 cm³/mol. The van der Waals surface area contributed by atoms with Gasteiger partial charge in [0.25, 0.3) is 5.91 Å². The minimum absolute atomic E-state index is 0.000841. The van der Waals surface area contributed by atoms with Gasteiger partial charge < -0.3 is 24.8 Å². The van der Waals surface area contributed by atoms with Crippen LogP contribution in [-0.4, -0.2) is 37.6 Å². The molecule has 0 spiro atoms. The van der Waals surface area contributed by atoms with E-state index in [0.717, 1.165) is 0 Å². The molecule has 2 amide bonds. The largest absolute Gasteiger partial charge is 0.490 e. The Balaban J connectivity index is 1.69. The van der Waals surface area contributed by atoms with Crippen LogP contribution in [0.5, 0.6) is 11.5 Å². The molecule has 0 unspecified atom stereocenters. The number of rotatable bonds is 10. The van der Waals surface area contributed by atoms with Gasteiger partial charge in [0.2, 0.25) is 5.91 Å². The van der Waals surface area contributed by atoms with Crippen molar-refractivity contribution in [3.05, 3.63) is 48.5 Å². The van der Waals surface area contributed by atoms with Gasteiger partial charge in [-0.1, -0.05) is 12.1 Å². The van der Waals surface area contributed by atoms with Crippen molar-refractivity contribution in [2.45, 2.75) is 20.3 Å². The number of nitrogens with one attached hydrogen (secondary N) is 2. The topological polar surface area (TPSA) is 103 Å². The summed E-state index contributed by atoms with van der Waals surface area (Å²) in [5, 5.41) is 5.23. The normalized spacial score (nSPS) is 10.0. The van der Waals surface area contributed by atoms with Gasteiger partial charge in [0.15, 0.2) is 18.1 Å². The molecule has 0 aromatic heterocycles. The highest BCUT2D eigenvalue weighted by Gasteiger charge is 2.10. The SMILES string of the molecule is CCOc1ccccc1OCCC(=O)OCC(=O)Nc1ccc(NC(C)=O)cc1. The van der Waals surface area contributed by atoms with E-state index in [2.05, 4.69) is 10.6 Å². The van der Waals surface area contributed by atoms with Crippen molar-refractivity contribution in [3.8, 4) is 11.5 Å². The standard InChI is InChI=1S/C21H24N2O6/c1-3-27-18-6-4-5-7-19(18)28-13-12-21(26)29-14-20(25)23-17-10-8-16(9-11-17)22-15(2)24/h4-11H,3,12-14H2,1-2H3,(H,22,24)(H,23,25). The maximum absolute atomic E-state index is 11.9. The molecule has 2 aromatic rings. The molecule has 8 heteroatoms. The Labute approximate surface area is 169 Å². The smallest absolute Gasteiger partial charge is 0.309 e. The molecule has 0 saturated heterocycles. The minimum atomic E-state index is -0.546. The Morgan fingerprint density at radius 1 is 0.862 bits per heavy atom. The van der Waals surface area contributed by atoms with Crippen LogP contribution in [0.3, 0.4) is 0 Å². The van der Waals surface area contributed by atoms with E-state index in [-0.39, 0.29) is 18.9 Å². The number of carbonyl (C=O) groups excluding carboxylic acids is 3. The van der Waals surface area contributed by atoms with Crippen LogP contribution in [0.2, 0.25) is 0 Å². The Bertz CT molecular complexity index is 835. The molecule has 0 saturated carbocycles. The van der Waals surface area contributed by atoms with E-state index < -0.39 is 18.5 Å². The van der Waals surface area contributed by atoms with Crippen molar-refractivity contribution in [2.24, 2.45) is 0 Å². The third-order valence-corrected chi connectivity index (χ3v) is 3.57. The quantitative estimate of drug-likeness (QED) is 0.595. The van der Waals surface area contributed by atoms with E-state index in [0.29, 0.717) is 29.5 Å². The first-order valence-corrected chi connectivity index (χ1v) is 9.15. The number of para-hydroxylation sites is 2. The van der Waals surface area contributed by atoms with Gasteiger partial charge in [-0.3, -0.25) is 14.4 Å². The van der Waals surface area contributed by atoms with Crippen molar-refractivity contribution in [1.29, 1.82) is 0 Å². The van der Waals surface area contributed by atoms with E-state index in [1.807, 2.05) is 19.1 Å². The van der Waals surface area contributed by atoms with Gasteiger partial charge >= 0.3 is 5.97 Å². The molecule has 0 aliphatic carbocycles. The average molecular weight is 400 g/mol. The summed E-state index contributed by atoms with van der Waals surface area (Å²) < 4.78 is 15.9. The number of hydrogen-bond donors (Lipinski definition) is 2. The van der Waals surface area contributed by atoms with Crippen molar-refractivity contribution in [1.82, 2.24) is 0 Å². The fourth-order valence-corrected chi connectivity index (χ4v) is 2.34. The molecule has 0 heterocycles. The zero-order valence-corrected chi connectivity index (χ0v) is 16.4. The predicted octanol–water partition coefficient (Wildman–Crippen LogP) is 2.99. The lowest BCUT2D eigenvalue weighted by molar-refractivity contribution is -0.147.